The Labute approximate surface area is 88.0 Å². The number of hydrogen-bond acceptors (Lipinski definition) is 4. The van der Waals surface area contributed by atoms with Crippen LogP contribution in [0.2, 0.25) is 0 Å². The molecule has 0 bridgehead atoms. The van der Waals surface area contributed by atoms with E-state index < -0.39 is 0 Å². The Balaban J connectivity index is 2.18. The second-order valence-corrected chi connectivity index (χ2v) is 3.65. The Bertz CT molecular complexity index is 396. The molecule has 0 saturated heterocycles. The van der Waals surface area contributed by atoms with Crippen LogP contribution >= 0.6 is 0 Å². The van der Waals surface area contributed by atoms with Crippen LogP contribution in [0.5, 0.6) is 0 Å². The molecule has 1 aliphatic rings. The van der Waals surface area contributed by atoms with Gasteiger partial charge in [-0.05, 0) is 13.3 Å². The van der Waals surface area contributed by atoms with E-state index in [2.05, 4.69) is 10.1 Å². The molecule has 5 nitrogen and oxygen atoms in total. The lowest BCUT2D eigenvalue weighted by Gasteiger charge is -2.07. The Morgan fingerprint density at radius 1 is 1.67 bits per heavy atom. The van der Waals surface area contributed by atoms with Gasteiger partial charge in [-0.15, -0.1) is 0 Å². The molecule has 0 saturated carbocycles. The van der Waals surface area contributed by atoms with Crippen molar-refractivity contribution in [3.63, 3.8) is 0 Å². The second kappa shape index (κ2) is 3.94. The molecule has 1 aromatic rings. The number of nitrogens with two attached hydrogens (primary N) is 1. The third-order valence-corrected chi connectivity index (χ3v) is 2.59. The van der Waals surface area contributed by atoms with Crippen molar-refractivity contribution in [2.45, 2.75) is 25.9 Å². The lowest BCUT2D eigenvalue weighted by atomic mass is 10.0. The fourth-order valence-corrected chi connectivity index (χ4v) is 1.77. The summed E-state index contributed by atoms with van der Waals surface area (Å²) < 4.78 is 1.61. The highest BCUT2D eigenvalue weighted by atomic mass is 16.1. The van der Waals surface area contributed by atoms with Gasteiger partial charge in [0, 0.05) is 18.5 Å². The zero-order valence-corrected chi connectivity index (χ0v) is 8.63. The molecule has 5 heteroatoms. The van der Waals surface area contributed by atoms with Gasteiger partial charge in [-0.2, -0.15) is 5.10 Å². The molecule has 1 aliphatic carbocycles. The molecule has 0 aliphatic heterocycles. The van der Waals surface area contributed by atoms with Crippen molar-refractivity contribution in [3.05, 3.63) is 24.3 Å². The van der Waals surface area contributed by atoms with Crippen molar-refractivity contribution < 1.29 is 4.79 Å². The maximum atomic E-state index is 12.0. The summed E-state index contributed by atoms with van der Waals surface area (Å²) in [5, 5.41) is 3.98. The van der Waals surface area contributed by atoms with Crippen LogP contribution in [0.1, 0.15) is 24.0 Å². The number of aromatic nitrogens is 3. The second-order valence-electron chi connectivity index (χ2n) is 3.65. The van der Waals surface area contributed by atoms with Gasteiger partial charge in [0.1, 0.15) is 6.33 Å². The van der Waals surface area contributed by atoms with Crippen LogP contribution in [0, 0.1) is 5.92 Å². The van der Waals surface area contributed by atoms with Gasteiger partial charge in [0.2, 0.25) is 5.78 Å². The van der Waals surface area contributed by atoms with Gasteiger partial charge in [0.05, 0.1) is 0 Å². The highest BCUT2D eigenvalue weighted by molar-refractivity contribution is 5.96. The maximum absolute atomic E-state index is 12.0. The number of nitrogens with zero attached hydrogens (tertiary/aromatic N) is 3. The zero-order chi connectivity index (χ0) is 10.8. The number of aryl methyl sites for hydroxylation is 1. The van der Waals surface area contributed by atoms with Gasteiger partial charge >= 0.3 is 0 Å². The van der Waals surface area contributed by atoms with E-state index in [-0.39, 0.29) is 17.7 Å². The van der Waals surface area contributed by atoms with Crippen LogP contribution in [0.15, 0.2) is 18.5 Å². The molecule has 2 unspecified atom stereocenters. The van der Waals surface area contributed by atoms with Crippen molar-refractivity contribution in [1.29, 1.82) is 0 Å². The van der Waals surface area contributed by atoms with Crippen LogP contribution in [-0.2, 0) is 6.54 Å². The predicted molar refractivity (Wildman–Crippen MR) is 55.2 cm³/mol. The molecule has 0 radical (unpaired) electrons. The summed E-state index contributed by atoms with van der Waals surface area (Å²) in [4.78, 5) is 16.0. The minimum absolute atomic E-state index is 0.00283. The molecule has 0 spiro atoms. The third-order valence-electron chi connectivity index (χ3n) is 2.59. The number of Topliss-reactive ketones (excluding diaryl/α,β-unsaturated/α-hetero) is 1. The molecule has 2 atom stereocenters. The van der Waals surface area contributed by atoms with Crippen LogP contribution in [0.3, 0.4) is 0 Å². The minimum atomic E-state index is -0.130. The van der Waals surface area contributed by atoms with E-state index in [9.17, 15) is 4.79 Å². The van der Waals surface area contributed by atoms with Crippen molar-refractivity contribution in [1.82, 2.24) is 14.8 Å². The molecule has 0 fully saturated rings. The lowest BCUT2D eigenvalue weighted by molar-refractivity contribution is 0.0927. The number of ketones is 1. The Hall–Kier alpha value is -1.49. The van der Waals surface area contributed by atoms with Crippen LogP contribution in [0.4, 0.5) is 0 Å². The van der Waals surface area contributed by atoms with E-state index in [1.807, 2.05) is 19.1 Å². The van der Waals surface area contributed by atoms with Gasteiger partial charge in [0.15, 0.2) is 5.82 Å². The summed E-state index contributed by atoms with van der Waals surface area (Å²) in [5.41, 5.74) is 5.71. The van der Waals surface area contributed by atoms with Crippen LogP contribution in [0.25, 0.3) is 0 Å². The molecule has 15 heavy (non-hydrogen) atoms. The summed E-state index contributed by atoms with van der Waals surface area (Å²) in [5.74, 6) is 0.314. The van der Waals surface area contributed by atoms with Crippen molar-refractivity contribution >= 4 is 5.78 Å². The Morgan fingerprint density at radius 3 is 3.07 bits per heavy atom. The predicted octanol–water partition coefficient (Wildman–Crippen LogP) is 0.384. The normalized spacial score (nSPS) is 24.7. The number of allylic oxidation sites excluding steroid dienone is 1. The monoisotopic (exact) mass is 206 g/mol. The van der Waals surface area contributed by atoms with E-state index in [1.165, 1.54) is 6.33 Å². The molecule has 1 aromatic heterocycles. The summed E-state index contributed by atoms with van der Waals surface area (Å²) >= 11 is 0. The number of rotatable bonds is 3. The standard InChI is InChI=1S/C10H14N4O/c1-2-14-10(12-6-13-14)9(15)7-3-4-8(11)5-7/h3-4,6-8H,2,5,11H2,1H3. The molecule has 1 heterocycles. The third kappa shape index (κ3) is 1.83. The quantitative estimate of drug-likeness (QED) is 0.573. The summed E-state index contributed by atoms with van der Waals surface area (Å²) in [6.07, 6.45) is 5.82. The minimum Gasteiger partial charge on any atom is -0.324 e. The summed E-state index contributed by atoms with van der Waals surface area (Å²) in [6, 6.07) is -0.00283. The Morgan fingerprint density at radius 2 is 2.47 bits per heavy atom. The highest BCUT2D eigenvalue weighted by Crippen LogP contribution is 2.20. The first-order valence-electron chi connectivity index (χ1n) is 5.08. The number of carbonyl (C=O) groups excluding carboxylic acids is 1. The van der Waals surface area contributed by atoms with Crippen LogP contribution < -0.4 is 5.73 Å². The largest absolute Gasteiger partial charge is 0.324 e. The van der Waals surface area contributed by atoms with E-state index in [0.717, 1.165) is 0 Å². The smallest absolute Gasteiger partial charge is 0.206 e. The zero-order valence-electron chi connectivity index (χ0n) is 8.63. The first-order chi connectivity index (χ1) is 7.22. The van der Waals surface area contributed by atoms with Crippen molar-refractivity contribution in [2.75, 3.05) is 0 Å². The number of carbonyl (C=O) groups is 1. The van der Waals surface area contributed by atoms with Gasteiger partial charge in [0.25, 0.3) is 0 Å². The Kier molecular flexibility index (Phi) is 2.64. The maximum Gasteiger partial charge on any atom is 0.206 e. The van der Waals surface area contributed by atoms with Gasteiger partial charge in [-0.25, -0.2) is 9.67 Å². The molecular weight excluding hydrogens is 192 g/mol. The molecule has 0 amide bonds. The van der Waals surface area contributed by atoms with E-state index >= 15 is 0 Å². The first kappa shape index (κ1) is 10.0. The molecule has 80 valence electrons. The SMILES string of the molecule is CCn1ncnc1C(=O)C1C=CC(N)C1. The fourth-order valence-electron chi connectivity index (χ4n) is 1.77. The average molecular weight is 206 g/mol. The van der Waals surface area contributed by atoms with Gasteiger partial charge in [-0.1, -0.05) is 12.2 Å². The molecule has 0 aromatic carbocycles. The molecule has 2 N–H and O–H groups in total. The van der Waals surface area contributed by atoms with Crippen molar-refractivity contribution in [3.8, 4) is 0 Å². The first-order valence-corrected chi connectivity index (χ1v) is 5.08. The van der Waals surface area contributed by atoms with E-state index in [4.69, 9.17) is 5.73 Å². The highest BCUT2D eigenvalue weighted by Gasteiger charge is 2.26. The van der Waals surface area contributed by atoms with Crippen molar-refractivity contribution in [2.24, 2.45) is 11.7 Å². The van der Waals surface area contributed by atoms with Gasteiger partial charge in [-0.3, -0.25) is 4.79 Å². The van der Waals surface area contributed by atoms with Crippen LogP contribution in [-0.4, -0.2) is 26.6 Å². The van der Waals surface area contributed by atoms with Gasteiger partial charge < -0.3 is 5.73 Å². The summed E-state index contributed by atoms with van der Waals surface area (Å²) in [7, 11) is 0. The number of hydrogen-bond donors (Lipinski definition) is 1. The fraction of sp³-hybridized carbons (Fsp3) is 0.500. The molecular formula is C10H14N4O. The topological polar surface area (TPSA) is 73.8 Å². The van der Waals surface area contributed by atoms with E-state index in [1.54, 1.807) is 4.68 Å². The summed E-state index contributed by atoms with van der Waals surface area (Å²) in [6.45, 7) is 2.59. The average Bonchev–Trinajstić information content (AvgIpc) is 2.84. The van der Waals surface area contributed by atoms with E-state index in [0.29, 0.717) is 18.8 Å². The molecule has 2 rings (SSSR count). The lowest BCUT2D eigenvalue weighted by Crippen LogP contribution is -2.21.